The highest BCUT2D eigenvalue weighted by Crippen LogP contribution is 2.67. The molecule has 4 aliphatic carbocycles. The van der Waals surface area contributed by atoms with Gasteiger partial charge in [0, 0.05) is 0 Å². The van der Waals surface area contributed by atoms with E-state index in [1.807, 2.05) is 0 Å². The lowest BCUT2D eigenvalue weighted by atomic mass is 9.47. The number of allylic oxidation sites excluding steroid dienone is 1. The molecule has 0 bridgehead atoms. The zero-order chi connectivity index (χ0) is 24.9. The number of hydrogen-bond donors (Lipinski definition) is 1. The Morgan fingerprint density at radius 2 is 1.82 bits per heavy atom. The second-order valence-corrected chi connectivity index (χ2v) is 14.1. The number of carbonyl (C=O) groups is 1. The highest BCUT2D eigenvalue weighted by atomic mass is 16.5. The first kappa shape index (κ1) is 26.2. The molecule has 0 aliphatic heterocycles. The number of ether oxygens (including phenoxy) is 1. The third-order valence-electron chi connectivity index (χ3n) is 11.2. The summed E-state index contributed by atoms with van der Waals surface area (Å²) in [5.74, 6) is 4.26. The van der Waals surface area contributed by atoms with E-state index in [0.29, 0.717) is 10.8 Å². The highest BCUT2D eigenvalue weighted by Gasteiger charge is 2.59. The molecule has 0 heterocycles. The molecule has 34 heavy (non-hydrogen) atoms. The standard InChI is InChI=1S/C31H52O3/c1-20(2)9-8-10-21(3)25-13-14-26-24-12-11-22-19-23(34-29(4,5)28(32)33)15-17-30(22,6)27(24)16-18-31(25,26)7/h11,20-21,23-27H,8-10,12-19H2,1-7H3,(H,32,33)/t21-,23+,24+,25-,26+,27+,30+,31-/m1/s1. The van der Waals surface area contributed by atoms with Crippen LogP contribution in [0.2, 0.25) is 0 Å². The van der Waals surface area contributed by atoms with Gasteiger partial charge in [0.1, 0.15) is 0 Å². The Hall–Kier alpha value is -0.830. The minimum absolute atomic E-state index is 0.0402. The summed E-state index contributed by atoms with van der Waals surface area (Å²) in [6, 6.07) is 0. The van der Waals surface area contributed by atoms with Crippen LogP contribution in [-0.4, -0.2) is 22.8 Å². The Bertz CT molecular complexity index is 782. The maximum atomic E-state index is 11.6. The van der Waals surface area contributed by atoms with Crippen molar-refractivity contribution in [2.45, 2.75) is 131 Å². The predicted octanol–water partition coefficient (Wildman–Crippen LogP) is 8.28. The van der Waals surface area contributed by atoms with Gasteiger partial charge in [-0.25, -0.2) is 4.79 Å². The molecule has 8 atom stereocenters. The molecule has 4 rings (SSSR count). The van der Waals surface area contributed by atoms with Crippen LogP contribution in [0.25, 0.3) is 0 Å². The molecule has 3 heteroatoms. The average molecular weight is 473 g/mol. The summed E-state index contributed by atoms with van der Waals surface area (Å²) in [5, 5.41) is 9.51. The van der Waals surface area contributed by atoms with Crippen molar-refractivity contribution in [2.75, 3.05) is 0 Å². The molecule has 0 spiro atoms. The fourth-order valence-corrected chi connectivity index (χ4v) is 9.22. The topological polar surface area (TPSA) is 46.5 Å². The lowest BCUT2D eigenvalue weighted by Crippen LogP contribution is -2.51. The van der Waals surface area contributed by atoms with Gasteiger partial charge in [0.2, 0.25) is 0 Å². The molecule has 0 amide bonds. The van der Waals surface area contributed by atoms with E-state index in [9.17, 15) is 9.90 Å². The highest BCUT2D eigenvalue weighted by molar-refractivity contribution is 5.76. The van der Waals surface area contributed by atoms with Crippen LogP contribution in [0.4, 0.5) is 0 Å². The number of carboxylic acids is 1. The Morgan fingerprint density at radius 1 is 1.09 bits per heavy atom. The molecule has 0 saturated heterocycles. The zero-order valence-corrected chi connectivity index (χ0v) is 23.2. The normalized spacial score (nSPS) is 40.8. The predicted molar refractivity (Wildman–Crippen MR) is 140 cm³/mol. The van der Waals surface area contributed by atoms with Crippen molar-refractivity contribution >= 4 is 5.97 Å². The van der Waals surface area contributed by atoms with Gasteiger partial charge >= 0.3 is 5.97 Å². The molecule has 3 nitrogen and oxygen atoms in total. The smallest absolute Gasteiger partial charge is 0.335 e. The van der Waals surface area contributed by atoms with E-state index < -0.39 is 11.6 Å². The van der Waals surface area contributed by atoms with Crippen LogP contribution in [0.1, 0.15) is 119 Å². The molecule has 1 N–H and O–H groups in total. The lowest BCUT2D eigenvalue weighted by Gasteiger charge is -2.58. The van der Waals surface area contributed by atoms with E-state index in [2.05, 4.69) is 40.7 Å². The molecule has 0 aromatic heterocycles. The fourth-order valence-electron chi connectivity index (χ4n) is 9.22. The number of hydrogen-bond acceptors (Lipinski definition) is 2. The van der Waals surface area contributed by atoms with E-state index in [0.717, 1.165) is 54.8 Å². The van der Waals surface area contributed by atoms with E-state index in [4.69, 9.17) is 4.74 Å². The summed E-state index contributed by atoms with van der Waals surface area (Å²) >= 11 is 0. The molecule has 3 fully saturated rings. The van der Waals surface area contributed by atoms with E-state index in [1.54, 1.807) is 19.4 Å². The Balaban J connectivity index is 1.45. The van der Waals surface area contributed by atoms with E-state index in [1.165, 1.54) is 51.4 Å². The fraction of sp³-hybridized carbons (Fsp3) is 0.903. The van der Waals surface area contributed by atoms with Crippen molar-refractivity contribution in [2.24, 2.45) is 46.3 Å². The summed E-state index contributed by atoms with van der Waals surface area (Å²) in [6.45, 7) is 15.9. The van der Waals surface area contributed by atoms with Gasteiger partial charge in [-0.2, -0.15) is 0 Å². The minimum Gasteiger partial charge on any atom is -0.479 e. The van der Waals surface area contributed by atoms with Crippen molar-refractivity contribution in [1.29, 1.82) is 0 Å². The van der Waals surface area contributed by atoms with Gasteiger partial charge in [-0.1, -0.05) is 65.5 Å². The Labute approximate surface area is 209 Å². The van der Waals surface area contributed by atoms with Crippen molar-refractivity contribution in [1.82, 2.24) is 0 Å². The molecular weight excluding hydrogens is 420 g/mol. The average Bonchev–Trinajstić information content (AvgIpc) is 3.10. The zero-order valence-electron chi connectivity index (χ0n) is 23.2. The van der Waals surface area contributed by atoms with Crippen LogP contribution in [0, 0.1) is 46.3 Å². The summed E-state index contributed by atoms with van der Waals surface area (Å²) in [6.07, 6.45) is 16.8. The van der Waals surface area contributed by atoms with Crippen molar-refractivity contribution in [3.8, 4) is 0 Å². The van der Waals surface area contributed by atoms with E-state index >= 15 is 0 Å². The maximum Gasteiger partial charge on any atom is 0.335 e. The molecule has 194 valence electrons. The SMILES string of the molecule is CC(C)CCC[C@@H](C)[C@H]1CC[C@H]2[C@@H]3CC=C4C[C@@H](OC(C)(C)C(=O)O)CC[C@]4(C)[C@H]3CC[C@]12C. The van der Waals surface area contributed by atoms with Crippen molar-refractivity contribution < 1.29 is 14.6 Å². The number of carboxylic acid groups (broad SMARTS) is 1. The van der Waals surface area contributed by atoms with Crippen LogP contribution in [-0.2, 0) is 9.53 Å². The monoisotopic (exact) mass is 472 g/mol. The first-order valence-electron chi connectivity index (χ1n) is 14.5. The second kappa shape index (κ2) is 9.56. The summed E-state index contributed by atoms with van der Waals surface area (Å²) in [7, 11) is 0. The Morgan fingerprint density at radius 3 is 2.50 bits per heavy atom. The van der Waals surface area contributed by atoms with Crippen LogP contribution >= 0.6 is 0 Å². The molecule has 0 radical (unpaired) electrons. The molecule has 0 aromatic rings. The van der Waals surface area contributed by atoms with Crippen molar-refractivity contribution in [3.05, 3.63) is 11.6 Å². The van der Waals surface area contributed by atoms with Gasteiger partial charge in [0.25, 0.3) is 0 Å². The van der Waals surface area contributed by atoms with Gasteiger partial charge in [0.15, 0.2) is 5.60 Å². The second-order valence-electron chi connectivity index (χ2n) is 14.1. The van der Waals surface area contributed by atoms with Gasteiger partial charge < -0.3 is 9.84 Å². The Kier molecular flexibility index (Phi) is 7.38. The van der Waals surface area contributed by atoms with Crippen LogP contribution < -0.4 is 0 Å². The van der Waals surface area contributed by atoms with Crippen LogP contribution in [0.3, 0.4) is 0 Å². The molecule has 3 saturated carbocycles. The van der Waals surface area contributed by atoms with Crippen LogP contribution in [0.15, 0.2) is 11.6 Å². The largest absolute Gasteiger partial charge is 0.479 e. The summed E-state index contributed by atoms with van der Waals surface area (Å²) in [4.78, 5) is 11.6. The van der Waals surface area contributed by atoms with E-state index in [-0.39, 0.29) is 6.10 Å². The third kappa shape index (κ3) is 4.64. The quantitative estimate of drug-likeness (QED) is 0.361. The lowest BCUT2D eigenvalue weighted by molar-refractivity contribution is -0.171. The molecule has 0 unspecified atom stereocenters. The molecular formula is C31H52O3. The van der Waals surface area contributed by atoms with Gasteiger partial charge in [-0.05, 0) is 112 Å². The van der Waals surface area contributed by atoms with Gasteiger partial charge in [0.05, 0.1) is 6.10 Å². The number of aliphatic carboxylic acids is 1. The van der Waals surface area contributed by atoms with Crippen molar-refractivity contribution in [3.63, 3.8) is 0 Å². The first-order valence-corrected chi connectivity index (χ1v) is 14.5. The summed E-state index contributed by atoms with van der Waals surface area (Å²) < 4.78 is 6.10. The summed E-state index contributed by atoms with van der Waals surface area (Å²) in [5.41, 5.74) is 1.30. The molecule has 0 aromatic carbocycles. The minimum atomic E-state index is -1.10. The van der Waals surface area contributed by atoms with Crippen LogP contribution in [0.5, 0.6) is 0 Å². The van der Waals surface area contributed by atoms with Gasteiger partial charge in [-0.15, -0.1) is 0 Å². The number of rotatable bonds is 8. The maximum absolute atomic E-state index is 11.6. The van der Waals surface area contributed by atoms with Gasteiger partial charge in [-0.3, -0.25) is 0 Å². The first-order chi connectivity index (χ1) is 15.9. The third-order valence-corrected chi connectivity index (χ3v) is 11.2. The molecule has 4 aliphatic rings. The number of fused-ring (bicyclic) bond motifs is 5.